The van der Waals surface area contributed by atoms with Gasteiger partial charge >= 0.3 is 0 Å². The lowest BCUT2D eigenvalue weighted by Crippen LogP contribution is -2.51. The van der Waals surface area contributed by atoms with E-state index in [4.69, 9.17) is 31.5 Å². The van der Waals surface area contributed by atoms with Crippen LogP contribution < -0.4 is 5.73 Å². The predicted molar refractivity (Wildman–Crippen MR) is 316 cm³/mol. The lowest BCUT2D eigenvalue weighted by molar-refractivity contribution is -0.0676. The number of nitrogens with zero attached hydrogens (tertiary/aromatic N) is 3. The van der Waals surface area contributed by atoms with Crippen LogP contribution in [-0.2, 0) is 18.9 Å². The van der Waals surface area contributed by atoms with Crippen molar-refractivity contribution >= 4 is 17.8 Å². The Kier molecular flexibility index (Phi) is 25.0. The topological polar surface area (TPSA) is 112 Å². The predicted octanol–water partition coefficient (Wildman–Crippen LogP) is 17.4. The molecule has 0 bridgehead atoms. The second-order valence-corrected chi connectivity index (χ2v) is 27.0. The molecule has 6 fully saturated rings. The smallest absolute Gasteiger partial charge is 0.0704 e. The highest BCUT2D eigenvalue weighted by atomic mass is 32.0. The van der Waals surface area contributed by atoms with Gasteiger partial charge in [0.2, 0.25) is 0 Å². The molecule has 0 spiro atoms. The summed E-state index contributed by atoms with van der Waals surface area (Å²) in [6.45, 7) is 30.0. The molecule has 18 atom stereocenters. The van der Waals surface area contributed by atoms with Gasteiger partial charge in [-0.25, -0.2) is 0 Å². The molecular formula is C63H116N4O4P2. The van der Waals surface area contributed by atoms with Gasteiger partial charge in [-0.3, -0.25) is 0 Å². The number of nitrogens with two attached hydrogens (primary N) is 1. The fourth-order valence-corrected chi connectivity index (χ4v) is 18.6. The lowest BCUT2D eigenvalue weighted by atomic mass is 9.47. The average molecular weight is 1060 g/mol. The van der Waals surface area contributed by atoms with Gasteiger partial charge in [-0.15, -0.1) is 17.8 Å². The van der Waals surface area contributed by atoms with Crippen molar-refractivity contribution in [2.24, 2.45) is 104 Å². The summed E-state index contributed by atoms with van der Waals surface area (Å²) in [5.74, 6) is 10.8. The highest BCUT2D eigenvalue weighted by Gasteiger charge is 2.61. The van der Waals surface area contributed by atoms with Crippen LogP contribution in [0.15, 0.2) is 28.4 Å². The van der Waals surface area contributed by atoms with Crippen LogP contribution in [0.5, 0.6) is 0 Å². The molecule has 422 valence electrons. The van der Waals surface area contributed by atoms with Gasteiger partial charge in [0.05, 0.1) is 53.1 Å². The van der Waals surface area contributed by atoms with E-state index in [0.717, 1.165) is 83.9 Å². The number of ether oxygens (including phenoxy) is 4. The van der Waals surface area contributed by atoms with E-state index in [1.807, 2.05) is 0 Å². The molecule has 0 aromatic rings. The van der Waals surface area contributed by atoms with Gasteiger partial charge in [-0.05, 0) is 201 Å². The fraction of sp³-hybridized carbons (Fsp3) is 0.937. The first-order valence-electron chi connectivity index (χ1n) is 30.9. The fourth-order valence-electron chi connectivity index (χ4n) is 18.6. The van der Waals surface area contributed by atoms with E-state index in [1.54, 1.807) is 11.1 Å². The first kappa shape index (κ1) is 61.7. The zero-order chi connectivity index (χ0) is 52.8. The molecule has 73 heavy (non-hydrogen) atoms. The van der Waals surface area contributed by atoms with Gasteiger partial charge < -0.3 is 24.7 Å². The summed E-state index contributed by atoms with van der Waals surface area (Å²) in [5.41, 5.74) is 19.2. The number of hydrogen-bond acceptors (Lipinski definition) is 6. The second-order valence-electron chi connectivity index (χ2n) is 27.0. The minimum absolute atomic E-state index is 0. The molecule has 0 amide bonds. The van der Waals surface area contributed by atoms with Crippen molar-refractivity contribution in [1.82, 2.24) is 0 Å². The normalized spacial score (nSPS) is 38.2. The second kappa shape index (κ2) is 29.6. The average Bonchev–Trinajstić information content (AvgIpc) is 3.91. The lowest BCUT2D eigenvalue weighted by Gasteiger charge is -2.58. The Bertz CT molecular complexity index is 1780. The largest absolute Gasteiger partial charge is 0.379 e. The van der Waals surface area contributed by atoms with Crippen molar-refractivity contribution < 1.29 is 18.9 Å². The zero-order valence-corrected chi connectivity index (χ0v) is 50.2. The quantitative estimate of drug-likeness (QED) is 0.0274. The van der Waals surface area contributed by atoms with Crippen molar-refractivity contribution in [2.45, 2.75) is 230 Å². The first-order valence-corrected chi connectivity index (χ1v) is 32.7. The summed E-state index contributed by atoms with van der Waals surface area (Å²) in [6.07, 6.45) is 36.2. The van der Waals surface area contributed by atoms with Gasteiger partial charge in [0.15, 0.2) is 0 Å². The molecule has 8 aliphatic carbocycles. The summed E-state index contributed by atoms with van der Waals surface area (Å²) in [6, 6.07) is 0. The van der Waals surface area contributed by atoms with Crippen molar-refractivity contribution in [2.75, 3.05) is 52.7 Å². The van der Waals surface area contributed by atoms with Crippen LogP contribution in [0.3, 0.4) is 0 Å². The number of hydrogen-bond donors (Lipinski definition) is 1. The van der Waals surface area contributed by atoms with E-state index in [2.05, 4.69) is 100 Å². The van der Waals surface area contributed by atoms with Gasteiger partial charge in [0, 0.05) is 18.0 Å². The van der Waals surface area contributed by atoms with E-state index in [-0.39, 0.29) is 16.3 Å². The number of allylic oxidation sites excluding steroid dienone is 2. The Morgan fingerprint density at radius 1 is 0.630 bits per heavy atom. The highest BCUT2D eigenvalue weighted by Crippen LogP contribution is 2.69. The maximum Gasteiger partial charge on any atom is 0.0704 e. The molecule has 2 unspecified atom stereocenters. The summed E-state index contributed by atoms with van der Waals surface area (Å²) in [4.78, 5) is 2.76. The van der Waals surface area contributed by atoms with Crippen LogP contribution in [0.4, 0.5) is 0 Å². The van der Waals surface area contributed by atoms with Crippen molar-refractivity contribution in [3.8, 4) is 0 Å². The maximum absolute atomic E-state index is 8.33. The molecule has 10 heteroatoms. The Hall–Kier alpha value is -0.550. The summed E-state index contributed by atoms with van der Waals surface area (Å²) in [7, 11) is 2.52. The zero-order valence-electron chi connectivity index (χ0n) is 49.1. The Balaban J connectivity index is 0.000000257. The number of azide groups is 1. The highest BCUT2D eigenvalue weighted by molar-refractivity contribution is 7.92. The standard InChI is InChI=1S/C31H53N3O2.C31H55NO2.CH4.H4P2/c1-22(2)7-6-8-23(3)27-11-12-28-26-10-9-24-21-25(36-20-19-35-18-17-33-34-32)13-15-30(24,4)29(26)14-16-31(27,28)5;1-22(2)7-6-8-23(3)27-11-12-28-26-10-9-24-21-25(34-20-19-33-18-17-32)13-15-30(24,4)29(26)14-16-31(27,28)5;;1-2/h9,22-23,25-29H,6-8,10-21H2,1-5H3;9,22-23,25-29H,6-8,10-21,32H2,1-5H3;1H4;1-2H2/t2*23-,25+,26+,27-,28+,29+,30+,31-;;/m11../s1/i;;;1T. The molecule has 0 aromatic heterocycles. The number of fused-ring (bicyclic) bond motifs is 10. The molecule has 8 rings (SSSR count). The minimum atomic E-state index is 0. The monoisotopic (exact) mass is 1060 g/mol. The van der Waals surface area contributed by atoms with E-state index in [0.29, 0.717) is 86.6 Å². The van der Waals surface area contributed by atoms with Gasteiger partial charge in [-0.2, -0.15) is 0 Å². The summed E-state index contributed by atoms with van der Waals surface area (Å²) < 4.78 is 29.7. The van der Waals surface area contributed by atoms with Crippen LogP contribution in [0, 0.1) is 92.7 Å². The SMILES string of the molecule is C.CC(C)CCC[C@@H](C)[C@H]1CC[C@H]2[C@@H]3CC=C4C[C@@H](OCCOCCN)CC[C@]4(C)[C@H]3CC[C@]12C.CC(C)CCC[C@@H](C)[C@H]1CC[C@H]2[C@@H]3CC=C4C[C@@H](OCCOCCN=[N+]=[N-])CC[C@]4(C)[C@H]3CC[C@]12C.[3H]PP. The van der Waals surface area contributed by atoms with E-state index in [9.17, 15) is 0 Å². The first-order chi connectivity index (χ1) is 35.0. The van der Waals surface area contributed by atoms with E-state index in [1.165, 1.54) is 128 Å². The minimum Gasteiger partial charge on any atom is -0.379 e. The third-order valence-corrected chi connectivity index (χ3v) is 22.3. The van der Waals surface area contributed by atoms with Crippen LogP contribution in [-0.4, -0.2) is 66.2 Å². The summed E-state index contributed by atoms with van der Waals surface area (Å²) >= 11 is 0. The van der Waals surface area contributed by atoms with Crippen LogP contribution in [0.25, 0.3) is 10.4 Å². The molecule has 6 saturated carbocycles. The van der Waals surface area contributed by atoms with Crippen LogP contribution >= 0.6 is 17.8 Å². The van der Waals surface area contributed by atoms with Crippen molar-refractivity contribution in [3.05, 3.63) is 33.7 Å². The molecule has 2 N–H and O–H groups in total. The van der Waals surface area contributed by atoms with Gasteiger partial charge in [0.1, 0.15) is 0 Å². The molecule has 0 saturated heterocycles. The van der Waals surface area contributed by atoms with Crippen LogP contribution in [0.1, 0.15) is 218 Å². The number of rotatable bonds is 23. The summed E-state index contributed by atoms with van der Waals surface area (Å²) in [5, 5.41) is 3.51. The molecule has 0 aliphatic heterocycles. The van der Waals surface area contributed by atoms with Crippen molar-refractivity contribution in [3.63, 3.8) is 0 Å². The van der Waals surface area contributed by atoms with E-state index < -0.39 is 0 Å². The third kappa shape index (κ3) is 15.0. The molecular weight excluding hydrogens is 939 g/mol. The Labute approximate surface area is 456 Å². The molecule has 0 heterocycles. The van der Waals surface area contributed by atoms with Gasteiger partial charge in [0.25, 0.3) is 0 Å². The van der Waals surface area contributed by atoms with Crippen LogP contribution in [0.2, 0.25) is 0 Å². The Morgan fingerprint density at radius 2 is 1.07 bits per heavy atom. The molecule has 8 nitrogen and oxygen atoms in total. The van der Waals surface area contributed by atoms with Gasteiger partial charge in [-0.1, -0.05) is 144 Å². The van der Waals surface area contributed by atoms with E-state index >= 15 is 0 Å². The molecule has 8 aliphatic rings. The van der Waals surface area contributed by atoms with Crippen molar-refractivity contribution in [1.29, 1.82) is 1.28 Å². The molecule has 0 radical (unpaired) electrons. The Morgan fingerprint density at radius 3 is 1.48 bits per heavy atom. The third-order valence-electron chi connectivity index (χ3n) is 22.3. The maximum atomic E-state index is 8.33. The molecule has 0 aromatic carbocycles.